The Labute approximate surface area is 150 Å². The summed E-state index contributed by atoms with van der Waals surface area (Å²) in [6, 6.07) is 18.3. The lowest BCUT2D eigenvalue weighted by atomic mass is 9.64. The number of amides is 1. The van der Waals surface area contributed by atoms with Crippen LogP contribution in [0.25, 0.3) is 0 Å². The fourth-order valence-corrected chi connectivity index (χ4v) is 3.33. The summed E-state index contributed by atoms with van der Waals surface area (Å²) < 4.78 is 0. The number of hydrogen-bond donors (Lipinski definition) is 2. The summed E-state index contributed by atoms with van der Waals surface area (Å²) in [6.45, 7) is 0.736. The van der Waals surface area contributed by atoms with Gasteiger partial charge in [0.15, 0.2) is 0 Å². The molecule has 0 aliphatic heterocycles. The molecule has 1 aliphatic rings. The van der Waals surface area contributed by atoms with Crippen LogP contribution >= 0.6 is 12.4 Å². The number of rotatable bonds is 6. The zero-order chi connectivity index (χ0) is 16.1. The van der Waals surface area contributed by atoms with Crippen LogP contribution in [-0.2, 0) is 16.6 Å². The van der Waals surface area contributed by atoms with Crippen LogP contribution in [0.1, 0.15) is 36.8 Å². The third kappa shape index (κ3) is 4.09. The lowest BCUT2D eigenvalue weighted by Gasteiger charge is -2.42. The first-order valence-electron chi connectivity index (χ1n) is 8.35. The van der Waals surface area contributed by atoms with Gasteiger partial charge in [0.2, 0.25) is 5.91 Å². The van der Waals surface area contributed by atoms with Crippen molar-refractivity contribution >= 4 is 24.0 Å². The van der Waals surface area contributed by atoms with Gasteiger partial charge in [-0.2, -0.15) is 0 Å². The Bertz CT molecular complexity index is 668. The number of nitrogens with two attached hydrogens (primary N) is 1. The molecule has 1 amide bonds. The number of aryl methyl sites for hydroxylation is 1. The van der Waals surface area contributed by atoms with Crippen molar-refractivity contribution in [2.24, 2.45) is 0 Å². The first-order valence-corrected chi connectivity index (χ1v) is 8.35. The molecule has 1 fully saturated rings. The Morgan fingerprint density at radius 1 is 1.04 bits per heavy atom. The van der Waals surface area contributed by atoms with E-state index in [4.69, 9.17) is 5.73 Å². The van der Waals surface area contributed by atoms with Crippen LogP contribution in [0.5, 0.6) is 0 Å². The van der Waals surface area contributed by atoms with Crippen molar-refractivity contribution in [1.29, 1.82) is 0 Å². The fourth-order valence-electron chi connectivity index (χ4n) is 3.33. The number of benzene rings is 2. The highest BCUT2D eigenvalue weighted by Gasteiger charge is 2.38. The van der Waals surface area contributed by atoms with Gasteiger partial charge in [0.1, 0.15) is 0 Å². The van der Waals surface area contributed by atoms with Gasteiger partial charge in [-0.3, -0.25) is 4.79 Å². The highest BCUT2D eigenvalue weighted by Crippen LogP contribution is 2.43. The predicted octanol–water partition coefficient (Wildman–Crippen LogP) is 3.86. The molecule has 0 aromatic heterocycles. The van der Waals surface area contributed by atoms with E-state index in [1.54, 1.807) is 0 Å². The number of para-hydroxylation sites is 1. The van der Waals surface area contributed by atoms with E-state index in [1.165, 1.54) is 12.0 Å². The molecule has 0 atom stereocenters. The van der Waals surface area contributed by atoms with Crippen LogP contribution in [0.15, 0.2) is 54.6 Å². The minimum absolute atomic E-state index is 0. The number of carbonyl (C=O) groups is 1. The van der Waals surface area contributed by atoms with Crippen LogP contribution in [0.2, 0.25) is 0 Å². The maximum atomic E-state index is 12.2. The summed E-state index contributed by atoms with van der Waals surface area (Å²) in [5, 5.41) is 3.13. The molecule has 0 heterocycles. The maximum absolute atomic E-state index is 12.2. The van der Waals surface area contributed by atoms with E-state index in [1.807, 2.05) is 30.3 Å². The molecular formula is C20H25ClN2O. The molecule has 4 heteroatoms. The van der Waals surface area contributed by atoms with Gasteiger partial charge in [-0.25, -0.2) is 0 Å². The molecule has 2 aromatic rings. The van der Waals surface area contributed by atoms with Crippen molar-refractivity contribution in [3.63, 3.8) is 0 Å². The van der Waals surface area contributed by atoms with Gasteiger partial charge >= 0.3 is 0 Å². The van der Waals surface area contributed by atoms with Gasteiger partial charge in [0.05, 0.1) is 0 Å². The smallest absolute Gasteiger partial charge is 0.220 e. The molecule has 0 bridgehead atoms. The minimum atomic E-state index is 0. The van der Waals surface area contributed by atoms with E-state index < -0.39 is 0 Å². The molecule has 3 N–H and O–H groups in total. The van der Waals surface area contributed by atoms with Crippen molar-refractivity contribution in [3.8, 4) is 0 Å². The van der Waals surface area contributed by atoms with Crippen molar-refractivity contribution in [3.05, 3.63) is 65.7 Å². The van der Waals surface area contributed by atoms with Gasteiger partial charge in [0, 0.05) is 24.1 Å². The van der Waals surface area contributed by atoms with Gasteiger partial charge < -0.3 is 11.1 Å². The van der Waals surface area contributed by atoms with E-state index in [0.29, 0.717) is 12.8 Å². The number of nitrogens with one attached hydrogen (secondary N) is 1. The van der Waals surface area contributed by atoms with Crippen LogP contribution < -0.4 is 11.1 Å². The molecule has 1 aliphatic carbocycles. The van der Waals surface area contributed by atoms with Gasteiger partial charge in [-0.15, -0.1) is 12.4 Å². The Balaban J connectivity index is 0.00000208. The molecule has 3 rings (SSSR count). The number of carbonyl (C=O) groups excluding carboxylic acids is 1. The summed E-state index contributed by atoms with van der Waals surface area (Å²) in [5.41, 5.74) is 9.22. The second kappa shape index (κ2) is 8.20. The molecule has 128 valence electrons. The summed E-state index contributed by atoms with van der Waals surface area (Å²) in [4.78, 5) is 12.2. The van der Waals surface area contributed by atoms with Crippen LogP contribution in [0, 0.1) is 0 Å². The third-order valence-electron chi connectivity index (χ3n) is 5.00. The first kappa shape index (κ1) is 18.3. The molecule has 1 saturated carbocycles. The van der Waals surface area contributed by atoms with Crippen LogP contribution in [0.4, 0.5) is 5.69 Å². The topological polar surface area (TPSA) is 55.1 Å². The summed E-state index contributed by atoms with van der Waals surface area (Å²) in [7, 11) is 0. The Hall–Kier alpha value is -2.00. The fraction of sp³-hybridized carbons (Fsp3) is 0.350. The molecule has 0 spiro atoms. The third-order valence-corrected chi connectivity index (χ3v) is 5.00. The average Bonchev–Trinajstić information content (AvgIpc) is 2.54. The summed E-state index contributed by atoms with van der Waals surface area (Å²) in [5.74, 6) is 0.107. The molecule has 24 heavy (non-hydrogen) atoms. The monoisotopic (exact) mass is 344 g/mol. The Morgan fingerprint density at radius 3 is 2.33 bits per heavy atom. The van der Waals surface area contributed by atoms with Crippen molar-refractivity contribution < 1.29 is 4.79 Å². The molecule has 2 aromatic carbocycles. The van der Waals surface area contributed by atoms with Crippen molar-refractivity contribution in [2.75, 3.05) is 12.3 Å². The van der Waals surface area contributed by atoms with Gasteiger partial charge in [-0.1, -0.05) is 55.0 Å². The predicted molar refractivity (Wildman–Crippen MR) is 101 cm³/mol. The molecule has 0 saturated heterocycles. The zero-order valence-electron chi connectivity index (χ0n) is 13.8. The highest BCUT2D eigenvalue weighted by atomic mass is 35.5. The zero-order valence-corrected chi connectivity index (χ0v) is 14.6. The Morgan fingerprint density at radius 2 is 1.71 bits per heavy atom. The summed E-state index contributed by atoms with van der Waals surface area (Å²) >= 11 is 0. The molecule has 0 unspecified atom stereocenters. The largest absolute Gasteiger partial charge is 0.399 e. The lowest BCUT2D eigenvalue weighted by Crippen LogP contribution is -2.45. The van der Waals surface area contributed by atoms with E-state index >= 15 is 0 Å². The van der Waals surface area contributed by atoms with Crippen molar-refractivity contribution in [2.45, 2.75) is 37.5 Å². The molecule has 0 radical (unpaired) electrons. The van der Waals surface area contributed by atoms with Crippen LogP contribution in [0.3, 0.4) is 0 Å². The summed E-state index contributed by atoms with van der Waals surface area (Å²) in [6.07, 6.45) is 4.73. The standard InChI is InChI=1S/C20H24N2O.ClH/c21-18-10-5-4-7-16(18)11-12-19(23)22-15-20(13-6-14-20)17-8-2-1-3-9-17;/h1-5,7-10H,6,11-15,21H2,(H,22,23);1H. The molecular weight excluding hydrogens is 320 g/mol. The second-order valence-electron chi connectivity index (χ2n) is 6.48. The van der Waals surface area contributed by atoms with Gasteiger partial charge in [0.25, 0.3) is 0 Å². The number of anilines is 1. The maximum Gasteiger partial charge on any atom is 0.220 e. The van der Waals surface area contributed by atoms with Crippen molar-refractivity contribution in [1.82, 2.24) is 5.32 Å². The number of nitrogen functional groups attached to an aromatic ring is 1. The SMILES string of the molecule is Cl.Nc1ccccc1CCC(=O)NCC1(c2ccccc2)CCC1. The average molecular weight is 345 g/mol. The first-order chi connectivity index (χ1) is 11.2. The second-order valence-corrected chi connectivity index (χ2v) is 6.48. The van der Waals surface area contributed by atoms with E-state index in [2.05, 4.69) is 29.6 Å². The van der Waals surface area contributed by atoms with Gasteiger partial charge in [-0.05, 0) is 36.5 Å². The minimum Gasteiger partial charge on any atom is -0.399 e. The van der Waals surface area contributed by atoms with E-state index in [9.17, 15) is 4.79 Å². The normalized spacial score (nSPS) is 15.0. The lowest BCUT2D eigenvalue weighted by molar-refractivity contribution is -0.121. The molecule has 3 nitrogen and oxygen atoms in total. The highest BCUT2D eigenvalue weighted by molar-refractivity contribution is 5.85. The Kier molecular flexibility index (Phi) is 6.27. The number of hydrogen-bond acceptors (Lipinski definition) is 2. The quantitative estimate of drug-likeness (QED) is 0.782. The van der Waals surface area contributed by atoms with E-state index in [0.717, 1.165) is 30.6 Å². The number of halogens is 1. The van der Waals surface area contributed by atoms with E-state index in [-0.39, 0.29) is 23.7 Å². The van der Waals surface area contributed by atoms with Crippen LogP contribution in [-0.4, -0.2) is 12.5 Å².